The smallest absolute Gasteiger partial charge is 0.167 e. The topological polar surface area (TPSA) is 61.2 Å². The van der Waals surface area contributed by atoms with Crippen LogP contribution < -0.4 is 4.74 Å². The van der Waals surface area contributed by atoms with Crippen LogP contribution in [0.3, 0.4) is 0 Å². The lowest BCUT2D eigenvalue weighted by molar-refractivity contribution is 0.0985. The number of fused-ring (bicyclic) bond motifs is 1. The molecule has 1 aliphatic heterocycles. The first-order valence-electron chi connectivity index (χ1n) is 9.56. The lowest BCUT2D eigenvalue weighted by Crippen LogP contribution is -2.08. The molecule has 1 atom stereocenters. The Balaban J connectivity index is 1.75. The summed E-state index contributed by atoms with van der Waals surface area (Å²) in [5.74, 6) is -0.0906. The van der Waals surface area contributed by atoms with Crippen molar-refractivity contribution in [2.45, 2.75) is 25.7 Å². The average molecular weight is 392 g/mol. The fourth-order valence-corrected chi connectivity index (χ4v) is 3.71. The molecule has 1 aliphatic rings. The summed E-state index contributed by atoms with van der Waals surface area (Å²) < 4.78 is 20.9. The van der Waals surface area contributed by atoms with Crippen LogP contribution in [0.5, 0.6) is 5.75 Å². The number of benzene rings is 2. The first kappa shape index (κ1) is 19.1. The maximum atomic E-state index is 13.3. The van der Waals surface area contributed by atoms with E-state index in [-0.39, 0.29) is 29.7 Å². The summed E-state index contributed by atoms with van der Waals surface area (Å²) >= 11 is 0. The predicted molar refractivity (Wildman–Crippen MR) is 106 cm³/mol. The maximum absolute atomic E-state index is 13.3. The van der Waals surface area contributed by atoms with Gasteiger partial charge in [-0.25, -0.2) is 4.39 Å². The summed E-state index contributed by atoms with van der Waals surface area (Å²) in [4.78, 5) is 25.5. The molecule has 5 nitrogen and oxygen atoms in total. The van der Waals surface area contributed by atoms with E-state index in [1.54, 1.807) is 49.2 Å². The van der Waals surface area contributed by atoms with Gasteiger partial charge in [0.1, 0.15) is 11.6 Å². The quantitative estimate of drug-likeness (QED) is 0.593. The zero-order valence-corrected chi connectivity index (χ0v) is 16.3. The Bertz CT molecular complexity index is 1090. The van der Waals surface area contributed by atoms with Crippen molar-refractivity contribution in [1.82, 2.24) is 9.78 Å². The zero-order chi connectivity index (χ0) is 20.5. The number of rotatable bonds is 6. The van der Waals surface area contributed by atoms with Gasteiger partial charge in [0.15, 0.2) is 11.6 Å². The molecule has 0 saturated carbocycles. The second-order valence-electron chi connectivity index (χ2n) is 7.26. The number of aryl methyl sites for hydroxylation is 1. The van der Waals surface area contributed by atoms with Gasteiger partial charge in [-0.15, -0.1) is 0 Å². The van der Waals surface area contributed by atoms with Crippen molar-refractivity contribution in [1.29, 1.82) is 0 Å². The molecule has 4 rings (SSSR count). The van der Waals surface area contributed by atoms with Gasteiger partial charge in [-0.3, -0.25) is 14.3 Å². The molecule has 0 spiro atoms. The average Bonchev–Trinajstić information content (AvgIpc) is 3.33. The number of ether oxygens (including phenoxy) is 1. The van der Waals surface area contributed by atoms with Crippen LogP contribution in [0.15, 0.2) is 48.8 Å². The Morgan fingerprint density at radius 1 is 1.21 bits per heavy atom. The molecule has 0 N–H and O–H groups in total. The fraction of sp³-hybridized carbons (Fsp3) is 0.261. The van der Waals surface area contributed by atoms with E-state index in [4.69, 9.17) is 4.74 Å². The molecule has 0 radical (unpaired) electrons. The van der Waals surface area contributed by atoms with Crippen LogP contribution in [0.4, 0.5) is 4.39 Å². The van der Waals surface area contributed by atoms with Gasteiger partial charge < -0.3 is 4.74 Å². The normalized spacial score (nSPS) is 15.1. The molecule has 0 saturated heterocycles. The summed E-state index contributed by atoms with van der Waals surface area (Å²) in [5.41, 5.74) is 3.40. The van der Waals surface area contributed by atoms with Gasteiger partial charge in [-0.05, 0) is 35.4 Å². The van der Waals surface area contributed by atoms with Crippen molar-refractivity contribution >= 4 is 11.6 Å². The summed E-state index contributed by atoms with van der Waals surface area (Å²) in [6, 6.07) is 9.68. The monoisotopic (exact) mass is 392 g/mol. The van der Waals surface area contributed by atoms with Crippen LogP contribution in [0.1, 0.15) is 56.7 Å². The van der Waals surface area contributed by atoms with E-state index >= 15 is 0 Å². The van der Waals surface area contributed by atoms with Crippen molar-refractivity contribution in [2.24, 2.45) is 7.05 Å². The second-order valence-corrected chi connectivity index (χ2v) is 7.26. The Kier molecular flexibility index (Phi) is 5.01. The van der Waals surface area contributed by atoms with E-state index in [0.29, 0.717) is 29.9 Å². The lowest BCUT2D eigenvalue weighted by Gasteiger charge is -2.12. The lowest BCUT2D eigenvalue weighted by atomic mass is 9.88. The molecule has 2 heterocycles. The first-order valence-corrected chi connectivity index (χ1v) is 9.56. The van der Waals surface area contributed by atoms with E-state index < -0.39 is 0 Å². The molecule has 3 aromatic rings. The van der Waals surface area contributed by atoms with Crippen molar-refractivity contribution in [2.75, 3.05) is 6.61 Å². The number of ketones is 2. The van der Waals surface area contributed by atoms with Crippen LogP contribution in [-0.2, 0) is 13.5 Å². The third-order valence-corrected chi connectivity index (χ3v) is 5.23. The summed E-state index contributed by atoms with van der Waals surface area (Å²) in [6.07, 6.45) is 3.98. The third-order valence-electron chi connectivity index (χ3n) is 5.23. The first-order chi connectivity index (χ1) is 14.0. The largest absolute Gasteiger partial charge is 0.492 e. The molecule has 0 amide bonds. The molecule has 0 fully saturated rings. The Morgan fingerprint density at radius 2 is 1.97 bits per heavy atom. The van der Waals surface area contributed by atoms with Crippen molar-refractivity contribution in [3.05, 3.63) is 82.4 Å². The van der Waals surface area contributed by atoms with Gasteiger partial charge in [0.25, 0.3) is 0 Å². The number of carbonyl (C=O) groups is 2. The van der Waals surface area contributed by atoms with Gasteiger partial charge in [0, 0.05) is 43.1 Å². The second kappa shape index (κ2) is 7.62. The van der Waals surface area contributed by atoms with Crippen LogP contribution in [-0.4, -0.2) is 28.0 Å². The van der Waals surface area contributed by atoms with Gasteiger partial charge in [0.05, 0.1) is 18.4 Å². The van der Waals surface area contributed by atoms with E-state index in [1.165, 1.54) is 12.1 Å². The molecule has 1 unspecified atom stereocenters. The summed E-state index contributed by atoms with van der Waals surface area (Å²) in [5, 5.41) is 4.10. The Labute approximate surface area is 168 Å². The predicted octanol–water partition coefficient (Wildman–Crippen LogP) is 4.10. The number of aromatic nitrogens is 2. The number of Topliss-reactive ketones (excluding diaryl/α,β-unsaturated/α-hetero) is 2. The summed E-state index contributed by atoms with van der Waals surface area (Å²) in [6.45, 7) is 2.14. The van der Waals surface area contributed by atoms with Crippen molar-refractivity contribution in [3.63, 3.8) is 0 Å². The fourth-order valence-electron chi connectivity index (χ4n) is 3.71. The molecule has 29 heavy (non-hydrogen) atoms. The van der Waals surface area contributed by atoms with Crippen molar-refractivity contribution in [3.8, 4) is 5.75 Å². The van der Waals surface area contributed by atoms with Gasteiger partial charge >= 0.3 is 0 Å². The maximum Gasteiger partial charge on any atom is 0.167 e. The van der Waals surface area contributed by atoms with Crippen LogP contribution >= 0.6 is 0 Å². The van der Waals surface area contributed by atoms with Gasteiger partial charge in [-0.2, -0.15) is 5.10 Å². The molecule has 2 aromatic carbocycles. The molecule has 6 heteroatoms. The minimum atomic E-state index is -0.310. The van der Waals surface area contributed by atoms with E-state index in [2.05, 4.69) is 5.10 Å². The highest BCUT2D eigenvalue weighted by Gasteiger charge is 2.31. The van der Waals surface area contributed by atoms with Crippen LogP contribution in [0.2, 0.25) is 0 Å². The number of hydrogen-bond donors (Lipinski definition) is 0. The standard InChI is InChI=1S/C23H21FN2O3/c1-3-21(27)19-10-16(22(28)8-14-11-25-26(2)12-14)9-18-20(13-29-23(18)19)15-4-6-17(24)7-5-15/h4-7,9-12,20H,3,8,13H2,1-2H3. The SMILES string of the molecule is CCC(=O)c1cc(C(=O)Cc2cnn(C)c2)cc2c1OCC2c1ccc(F)cc1. The highest BCUT2D eigenvalue weighted by Crippen LogP contribution is 2.42. The zero-order valence-electron chi connectivity index (χ0n) is 16.3. The van der Waals surface area contributed by atoms with E-state index in [9.17, 15) is 14.0 Å². The molecule has 0 aliphatic carbocycles. The van der Waals surface area contributed by atoms with Crippen LogP contribution in [0.25, 0.3) is 0 Å². The summed E-state index contributed by atoms with van der Waals surface area (Å²) in [7, 11) is 1.80. The van der Waals surface area contributed by atoms with E-state index in [0.717, 1.165) is 16.7 Å². The van der Waals surface area contributed by atoms with Crippen molar-refractivity contribution < 1.29 is 18.7 Å². The van der Waals surface area contributed by atoms with E-state index in [1.807, 2.05) is 6.07 Å². The molecule has 1 aromatic heterocycles. The Morgan fingerprint density at radius 3 is 2.62 bits per heavy atom. The minimum Gasteiger partial charge on any atom is -0.492 e. The number of halogens is 1. The van der Waals surface area contributed by atoms with Gasteiger partial charge in [-0.1, -0.05) is 19.1 Å². The van der Waals surface area contributed by atoms with Gasteiger partial charge in [0.2, 0.25) is 0 Å². The highest BCUT2D eigenvalue weighted by atomic mass is 19.1. The molecular formula is C23H21FN2O3. The number of hydrogen-bond acceptors (Lipinski definition) is 4. The number of carbonyl (C=O) groups excluding carboxylic acids is 2. The highest BCUT2D eigenvalue weighted by molar-refractivity contribution is 6.04. The molecule has 0 bridgehead atoms. The number of nitrogens with zero attached hydrogens (tertiary/aromatic N) is 2. The molecular weight excluding hydrogens is 371 g/mol. The minimum absolute atomic E-state index is 0.0722. The Hall–Kier alpha value is -3.28. The third kappa shape index (κ3) is 3.70. The van der Waals surface area contributed by atoms with Crippen LogP contribution in [0, 0.1) is 5.82 Å². The molecule has 148 valence electrons.